The number of rotatable bonds is 8. The van der Waals surface area contributed by atoms with Crippen LogP contribution in [-0.2, 0) is 14.3 Å². The molecule has 2 atom stereocenters. The van der Waals surface area contributed by atoms with Crippen molar-refractivity contribution in [3.63, 3.8) is 0 Å². The first-order chi connectivity index (χ1) is 9.19. The van der Waals surface area contributed by atoms with Gasteiger partial charge in [-0.3, -0.25) is 9.69 Å². The van der Waals surface area contributed by atoms with E-state index >= 15 is 0 Å². The van der Waals surface area contributed by atoms with Crippen molar-refractivity contribution in [1.29, 1.82) is 0 Å². The Kier molecular flexibility index (Phi) is 7.92. The highest BCUT2D eigenvalue weighted by molar-refractivity contribution is 5.81. The molecule has 19 heavy (non-hydrogen) atoms. The lowest BCUT2D eigenvalue weighted by molar-refractivity contribution is -0.127. The molecule has 3 N–H and O–H groups in total. The van der Waals surface area contributed by atoms with E-state index in [1.54, 1.807) is 14.2 Å². The van der Waals surface area contributed by atoms with Gasteiger partial charge in [0.25, 0.3) is 0 Å². The Balaban J connectivity index is 2.33. The van der Waals surface area contributed by atoms with Gasteiger partial charge < -0.3 is 25.2 Å². The smallest absolute Gasteiger partial charge is 0.238 e. The van der Waals surface area contributed by atoms with Crippen molar-refractivity contribution in [2.75, 3.05) is 60.2 Å². The van der Waals surface area contributed by atoms with Gasteiger partial charge in [0.15, 0.2) is 0 Å². The number of nitrogens with zero attached hydrogens (tertiary/aromatic N) is 1. The fourth-order valence-electron chi connectivity index (χ4n) is 2.08. The molecule has 1 aliphatic heterocycles. The van der Waals surface area contributed by atoms with Gasteiger partial charge >= 0.3 is 0 Å². The number of carbonyl (C=O) groups excluding carboxylic acids is 1. The minimum Gasteiger partial charge on any atom is -0.389 e. The van der Waals surface area contributed by atoms with Crippen LogP contribution in [0.15, 0.2) is 0 Å². The average Bonchev–Trinajstić information content (AvgIpc) is 2.43. The summed E-state index contributed by atoms with van der Waals surface area (Å²) in [7, 11) is 3.23. The van der Waals surface area contributed by atoms with Crippen molar-refractivity contribution in [3.05, 3.63) is 0 Å². The first-order valence-electron chi connectivity index (χ1n) is 6.60. The molecular formula is C12H25N3O4. The number of amides is 1. The van der Waals surface area contributed by atoms with Gasteiger partial charge in [0.2, 0.25) is 5.91 Å². The molecule has 0 aromatic carbocycles. The van der Waals surface area contributed by atoms with Crippen LogP contribution in [-0.4, -0.2) is 88.2 Å². The van der Waals surface area contributed by atoms with Gasteiger partial charge in [-0.15, -0.1) is 0 Å². The summed E-state index contributed by atoms with van der Waals surface area (Å²) in [6.07, 6.45) is -0.595. The van der Waals surface area contributed by atoms with Crippen LogP contribution in [0, 0.1) is 0 Å². The summed E-state index contributed by atoms with van der Waals surface area (Å²) >= 11 is 0. The number of ether oxygens (including phenoxy) is 2. The molecule has 1 saturated heterocycles. The van der Waals surface area contributed by atoms with E-state index < -0.39 is 6.10 Å². The number of aliphatic hydroxyl groups is 1. The van der Waals surface area contributed by atoms with Crippen LogP contribution < -0.4 is 10.6 Å². The van der Waals surface area contributed by atoms with E-state index in [1.165, 1.54) is 0 Å². The molecule has 2 unspecified atom stereocenters. The van der Waals surface area contributed by atoms with E-state index in [0.717, 1.165) is 13.1 Å². The summed E-state index contributed by atoms with van der Waals surface area (Å²) in [4.78, 5) is 13.7. The molecule has 0 radical (unpaired) electrons. The minimum atomic E-state index is -0.595. The SMILES string of the molecule is CNC(=O)C1CNCCN1CC(O)COCCOC. The number of carbonyl (C=O) groups is 1. The lowest BCUT2D eigenvalue weighted by Gasteiger charge is -2.35. The molecule has 112 valence electrons. The highest BCUT2D eigenvalue weighted by atomic mass is 16.5. The summed E-state index contributed by atoms with van der Waals surface area (Å²) in [6, 6.07) is -0.229. The van der Waals surface area contributed by atoms with Crippen molar-refractivity contribution < 1.29 is 19.4 Å². The third kappa shape index (κ3) is 5.84. The van der Waals surface area contributed by atoms with Crippen LogP contribution in [0.3, 0.4) is 0 Å². The lowest BCUT2D eigenvalue weighted by atomic mass is 10.1. The summed E-state index contributed by atoms with van der Waals surface area (Å²) < 4.78 is 10.1. The zero-order valence-corrected chi connectivity index (χ0v) is 11.7. The number of β-amino-alcohol motifs (C(OH)–C–C–N with tert-alkyl or cyclic N) is 1. The Morgan fingerprint density at radius 3 is 3.05 bits per heavy atom. The fourth-order valence-corrected chi connectivity index (χ4v) is 2.08. The van der Waals surface area contributed by atoms with Gasteiger partial charge in [-0.05, 0) is 0 Å². The van der Waals surface area contributed by atoms with Gasteiger partial charge in [0, 0.05) is 40.3 Å². The minimum absolute atomic E-state index is 0.0281. The molecule has 1 fully saturated rings. The Morgan fingerprint density at radius 1 is 1.58 bits per heavy atom. The van der Waals surface area contributed by atoms with Crippen LogP contribution in [0.4, 0.5) is 0 Å². The molecule has 0 aromatic rings. The normalized spacial score (nSPS) is 22.2. The third-order valence-corrected chi connectivity index (χ3v) is 3.09. The first-order valence-corrected chi connectivity index (χ1v) is 6.60. The Hall–Kier alpha value is -0.730. The Morgan fingerprint density at radius 2 is 2.37 bits per heavy atom. The van der Waals surface area contributed by atoms with Crippen LogP contribution in [0.5, 0.6) is 0 Å². The van der Waals surface area contributed by atoms with Crippen molar-refractivity contribution >= 4 is 5.91 Å². The fraction of sp³-hybridized carbons (Fsp3) is 0.917. The highest BCUT2D eigenvalue weighted by Gasteiger charge is 2.29. The van der Waals surface area contributed by atoms with Crippen molar-refractivity contribution in [3.8, 4) is 0 Å². The van der Waals surface area contributed by atoms with Gasteiger partial charge in [-0.25, -0.2) is 0 Å². The number of aliphatic hydroxyl groups excluding tert-OH is 1. The Labute approximate surface area is 114 Å². The number of methoxy groups -OCH3 is 1. The molecule has 1 rings (SSSR count). The topological polar surface area (TPSA) is 83.1 Å². The van der Waals surface area contributed by atoms with Crippen LogP contribution >= 0.6 is 0 Å². The second-order valence-corrected chi connectivity index (χ2v) is 4.55. The molecule has 1 heterocycles. The molecule has 0 bridgehead atoms. The van der Waals surface area contributed by atoms with E-state index in [9.17, 15) is 9.90 Å². The predicted octanol–water partition coefficient (Wildman–Crippen LogP) is -1.97. The molecule has 7 heteroatoms. The van der Waals surface area contributed by atoms with Gasteiger partial charge in [-0.2, -0.15) is 0 Å². The monoisotopic (exact) mass is 275 g/mol. The maximum absolute atomic E-state index is 11.7. The largest absolute Gasteiger partial charge is 0.389 e. The molecule has 0 aromatic heterocycles. The van der Waals surface area contributed by atoms with E-state index in [1.807, 2.05) is 4.90 Å². The zero-order chi connectivity index (χ0) is 14.1. The lowest BCUT2D eigenvalue weighted by Crippen LogP contribution is -2.59. The van der Waals surface area contributed by atoms with Gasteiger partial charge in [0.05, 0.1) is 25.9 Å². The maximum Gasteiger partial charge on any atom is 0.238 e. The number of piperazine rings is 1. The first kappa shape index (κ1) is 16.3. The predicted molar refractivity (Wildman–Crippen MR) is 71.0 cm³/mol. The summed E-state index contributed by atoms with van der Waals surface area (Å²) in [6.45, 7) is 3.85. The van der Waals surface area contributed by atoms with Gasteiger partial charge in [-0.1, -0.05) is 0 Å². The molecule has 7 nitrogen and oxygen atoms in total. The van der Waals surface area contributed by atoms with Gasteiger partial charge in [0.1, 0.15) is 6.04 Å². The zero-order valence-electron chi connectivity index (χ0n) is 11.7. The standard InChI is InChI=1S/C12H25N3O4/c1-13-12(17)11-7-14-3-4-15(11)8-10(16)9-19-6-5-18-2/h10-11,14,16H,3-9H2,1-2H3,(H,13,17). The number of likely N-dealkylation sites (N-methyl/N-ethyl adjacent to an activating group) is 1. The van der Waals surface area contributed by atoms with Crippen molar-refractivity contribution in [2.24, 2.45) is 0 Å². The maximum atomic E-state index is 11.7. The van der Waals surface area contributed by atoms with Crippen molar-refractivity contribution in [1.82, 2.24) is 15.5 Å². The van der Waals surface area contributed by atoms with Crippen LogP contribution in [0.1, 0.15) is 0 Å². The van der Waals surface area contributed by atoms with E-state index in [4.69, 9.17) is 9.47 Å². The number of hydrogen-bond donors (Lipinski definition) is 3. The molecule has 1 aliphatic rings. The Bertz CT molecular complexity index is 265. The second-order valence-electron chi connectivity index (χ2n) is 4.55. The molecule has 0 aliphatic carbocycles. The van der Waals surface area contributed by atoms with E-state index in [2.05, 4.69) is 10.6 Å². The summed E-state index contributed by atoms with van der Waals surface area (Å²) in [5.41, 5.74) is 0. The average molecular weight is 275 g/mol. The molecule has 1 amide bonds. The third-order valence-electron chi connectivity index (χ3n) is 3.09. The summed E-state index contributed by atoms with van der Waals surface area (Å²) in [5.74, 6) is -0.0281. The highest BCUT2D eigenvalue weighted by Crippen LogP contribution is 2.05. The number of nitrogens with one attached hydrogen (secondary N) is 2. The quantitative estimate of drug-likeness (QED) is 0.446. The van der Waals surface area contributed by atoms with E-state index in [0.29, 0.717) is 26.3 Å². The molecular weight excluding hydrogens is 250 g/mol. The molecule has 0 spiro atoms. The van der Waals surface area contributed by atoms with Crippen molar-refractivity contribution in [2.45, 2.75) is 12.1 Å². The molecule has 0 saturated carbocycles. The summed E-state index contributed by atoms with van der Waals surface area (Å²) in [5, 5.41) is 15.7. The second kappa shape index (κ2) is 9.22. The number of hydrogen-bond acceptors (Lipinski definition) is 6. The van der Waals surface area contributed by atoms with Crippen LogP contribution in [0.2, 0.25) is 0 Å². The van der Waals surface area contributed by atoms with E-state index in [-0.39, 0.29) is 18.6 Å². The van der Waals surface area contributed by atoms with Crippen LogP contribution in [0.25, 0.3) is 0 Å².